The first-order valence-electron chi connectivity index (χ1n) is 3.62. The Hall–Kier alpha value is -0.0100. The second-order valence-electron chi connectivity index (χ2n) is 2.40. The molecule has 0 saturated carbocycles. The Balaban J connectivity index is 3.29. The fourth-order valence-electron chi connectivity index (χ4n) is 0.885. The summed E-state index contributed by atoms with van der Waals surface area (Å²) in [7, 11) is 0. The molecule has 1 atom stereocenters. The molecule has 0 fully saturated rings. The standard InChI is InChI=1S/C8H15ClO/c1-2-4-8(7-10)5-3-6-9/h2,8,10H,1,3-7H2. The Labute approximate surface area is 67.7 Å². The van der Waals surface area contributed by atoms with Gasteiger partial charge in [0.15, 0.2) is 0 Å². The SMILES string of the molecule is C=CCC(CO)CCCCl. The Kier molecular flexibility index (Phi) is 7.09. The van der Waals surface area contributed by atoms with Gasteiger partial charge >= 0.3 is 0 Å². The fourth-order valence-corrected chi connectivity index (χ4v) is 1.04. The third-order valence-electron chi connectivity index (χ3n) is 1.50. The van der Waals surface area contributed by atoms with E-state index in [-0.39, 0.29) is 6.61 Å². The molecule has 0 aliphatic heterocycles. The van der Waals surface area contributed by atoms with Crippen LogP contribution in [0.25, 0.3) is 0 Å². The van der Waals surface area contributed by atoms with E-state index < -0.39 is 0 Å². The highest BCUT2D eigenvalue weighted by molar-refractivity contribution is 6.17. The van der Waals surface area contributed by atoms with Gasteiger partial charge < -0.3 is 5.11 Å². The van der Waals surface area contributed by atoms with Crippen molar-refractivity contribution in [3.63, 3.8) is 0 Å². The summed E-state index contributed by atoms with van der Waals surface area (Å²) < 4.78 is 0. The third-order valence-corrected chi connectivity index (χ3v) is 1.77. The summed E-state index contributed by atoms with van der Waals surface area (Å²) in [5.41, 5.74) is 0. The van der Waals surface area contributed by atoms with Crippen molar-refractivity contribution in [1.29, 1.82) is 0 Å². The number of alkyl halides is 1. The van der Waals surface area contributed by atoms with Crippen LogP contribution in [0, 0.1) is 5.92 Å². The lowest BCUT2D eigenvalue weighted by Gasteiger charge is -2.09. The van der Waals surface area contributed by atoms with E-state index in [2.05, 4.69) is 6.58 Å². The molecule has 0 aliphatic rings. The maximum absolute atomic E-state index is 8.79. The Morgan fingerprint density at radius 1 is 1.60 bits per heavy atom. The second-order valence-corrected chi connectivity index (χ2v) is 2.78. The minimum Gasteiger partial charge on any atom is -0.396 e. The lowest BCUT2D eigenvalue weighted by atomic mass is 10.0. The molecule has 1 N–H and O–H groups in total. The topological polar surface area (TPSA) is 20.2 Å². The molecule has 0 heterocycles. The van der Waals surface area contributed by atoms with Gasteiger partial charge in [-0.25, -0.2) is 0 Å². The van der Waals surface area contributed by atoms with Gasteiger partial charge in [0.2, 0.25) is 0 Å². The van der Waals surface area contributed by atoms with Crippen LogP contribution in [-0.2, 0) is 0 Å². The minimum absolute atomic E-state index is 0.253. The number of aliphatic hydroxyl groups is 1. The van der Waals surface area contributed by atoms with Crippen LogP contribution in [0.1, 0.15) is 19.3 Å². The lowest BCUT2D eigenvalue weighted by Crippen LogP contribution is -2.04. The molecule has 10 heavy (non-hydrogen) atoms. The van der Waals surface area contributed by atoms with Crippen molar-refractivity contribution >= 4 is 11.6 Å². The van der Waals surface area contributed by atoms with Crippen LogP contribution in [-0.4, -0.2) is 17.6 Å². The minimum atomic E-state index is 0.253. The third kappa shape index (κ3) is 4.83. The van der Waals surface area contributed by atoms with Gasteiger partial charge in [-0.2, -0.15) is 0 Å². The smallest absolute Gasteiger partial charge is 0.0462 e. The Morgan fingerprint density at radius 2 is 2.30 bits per heavy atom. The molecular formula is C8H15ClO. The molecule has 0 amide bonds. The molecule has 1 nitrogen and oxygen atoms in total. The van der Waals surface area contributed by atoms with Gasteiger partial charge in [0.25, 0.3) is 0 Å². The van der Waals surface area contributed by atoms with Gasteiger partial charge in [-0.05, 0) is 25.2 Å². The molecule has 2 heteroatoms. The average Bonchev–Trinajstić information content (AvgIpc) is 1.98. The summed E-state index contributed by atoms with van der Waals surface area (Å²) in [5.74, 6) is 1.06. The van der Waals surface area contributed by atoms with Crippen LogP contribution in [0.4, 0.5) is 0 Å². The highest BCUT2D eigenvalue weighted by Crippen LogP contribution is 2.10. The average molecular weight is 163 g/mol. The first-order valence-corrected chi connectivity index (χ1v) is 4.16. The van der Waals surface area contributed by atoms with Crippen molar-refractivity contribution in [3.05, 3.63) is 12.7 Å². The van der Waals surface area contributed by atoms with Gasteiger partial charge in [0.1, 0.15) is 0 Å². The summed E-state index contributed by atoms with van der Waals surface area (Å²) in [6.45, 7) is 3.87. The molecule has 0 aromatic carbocycles. The number of allylic oxidation sites excluding steroid dienone is 1. The second kappa shape index (κ2) is 7.10. The van der Waals surface area contributed by atoms with Crippen LogP contribution in [0.5, 0.6) is 0 Å². The quantitative estimate of drug-likeness (QED) is 0.469. The summed E-state index contributed by atoms with van der Waals surface area (Å²) in [5, 5.41) is 8.79. The van der Waals surface area contributed by atoms with Crippen LogP contribution in [0.2, 0.25) is 0 Å². The number of hydrogen-bond donors (Lipinski definition) is 1. The van der Waals surface area contributed by atoms with Crippen molar-refractivity contribution in [2.75, 3.05) is 12.5 Å². The summed E-state index contributed by atoms with van der Waals surface area (Å²) in [6, 6.07) is 0. The Bertz CT molecular complexity index is 83.3. The zero-order valence-corrected chi connectivity index (χ0v) is 6.98. The van der Waals surface area contributed by atoms with E-state index in [1.807, 2.05) is 6.08 Å². The molecule has 0 aromatic rings. The lowest BCUT2D eigenvalue weighted by molar-refractivity contribution is 0.219. The molecule has 0 radical (unpaired) electrons. The maximum Gasteiger partial charge on any atom is 0.0462 e. The van der Waals surface area contributed by atoms with Crippen molar-refractivity contribution < 1.29 is 5.11 Å². The monoisotopic (exact) mass is 162 g/mol. The van der Waals surface area contributed by atoms with Gasteiger partial charge in [-0.15, -0.1) is 18.2 Å². The zero-order valence-electron chi connectivity index (χ0n) is 6.22. The van der Waals surface area contributed by atoms with Crippen LogP contribution < -0.4 is 0 Å². The molecule has 0 aromatic heterocycles. The molecule has 0 spiro atoms. The molecule has 60 valence electrons. The maximum atomic E-state index is 8.79. The van der Waals surface area contributed by atoms with E-state index >= 15 is 0 Å². The zero-order chi connectivity index (χ0) is 7.82. The van der Waals surface area contributed by atoms with Crippen molar-refractivity contribution in [1.82, 2.24) is 0 Å². The van der Waals surface area contributed by atoms with Crippen molar-refractivity contribution in [2.45, 2.75) is 19.3 Å². The van der Waals surface area contributed by atoms with Gasteiger partial charge in [-0.1, -0.05) is 6.08 Å². The van der Waals surface area contributed by atoms with Crippen molar-refractivity contribution in [2.24, 2.45) is 5.92 Å². The molecule has 0 saturated heterocycles. The van der Waals surface area contributed by atoms with E-state index in [0.29, 0.717) is 11.8 Å². The first kappa shape index (κ1) is 9.99. The molecule has 0 bridgehead atoms. The number of halogens is 1. The number of aliphatic hydroxyl groups excluding tert-OH is 1. The molecular weight excluding hydrogens is 148 g/mol. The van der Waals surface area contributed by atoms with E-state index in [1.165, 1.54) is 0 Å². The van der Waals surface area contributed by atoms with Crippen LogP contribution in [0.15, 0.2) is 12.7 Å². The summed E-state index contributed by atoms with van der Waals surface area (Å²) >= 11 is 5.50. The van der Waals surface area contributed by atoms with Crippen LogP contribution >= 0.6 is 11.6 Å². The molecule has 0 aliphatic carbocycles. The van der Waals surface area contributed by atoms with E-state index in [9.17, 15) is 0 Å². The van der Waals surface area contributed by atoms with Gasteiger partial charge in [-0.3, -0.25) is 0 Å². The number of hydrogen-bond acceptors (Lipinski definition) is 1. The predicted octanol–water partition coefficient (Wildman–Crippen LogP) is 2.19. The first-order chi connectivity index (χ1) is 4.85. The van der Waals surface area contributed by atoms with E-state index in [1.54, 1.807) is 0 Å². The van der Waals surface area contributed by atoms with Crippen LogP contribution in [0.3, 0.4) is 0 Å². The Morgan fingerprint density at radius 3 is 2.70 bits per heavy atom. The summed E-state index contributed by atoms with van der Waals surface area (Å²) in [4.78, 5) is 0. The predicted molar refractivity (Wildman–Crippen MR) is 45.3 cm³/mol. The molecule has 0 rings (SSSR count). The summed E-state index contributed by atoms with van der Waals surface area (Å²) in [6.07, 6.45) is 4.73. The molecule has 1 unspecified atom stereocenters. The highest BCUT2D eigenvalue weighted by atomic mass is 35.5. The van der Waals surface area contributed by atoms with Gasteiger partial charge in [0, 0.05) is 12.5 Å². The van der Waals surface area contributed by atoms with Gasteiger partial charge in [0.05, 0.1) is 0 Å². The largest absolute Gasteiger partial charge is 0.396 e. The van der Waals surface area contributed by atoms with E-state index in [4.69, 9.17) is 16.7 Å². The van der Waals surface area contributed by atoms with Crippen molar-refractivity contribution in [3.8, 4) is 0 Å². The highest BCUT2D eigenvalue weighted by Gasteiger charge is 2.03. The number of rotatable bonds is 6. The normalized spacial score (nSPS) is 13.0. The fraction of sp³-hybridized carbons (Fsp3) is 0.750. The van der Waals surface area contributed by atoms with E-state index in [0.717, 1.165) is 19.3 Å².